The summed E-state index contributed by atoms with van der Waals surface area (Å²) in [5.41, 5.74) is 5.45. The number of carbonyl (C=O) groups is 1. The van der Waals surface area contributed by atoms with Gasteiger partial charge in [-0.15, -0.1) is 0 Å². The number of hydrogen-bond acceptors (Lipinski definition) is 6. The second kappa shape index (κ2) is 10.6. The number of carbonyl (C=O) groups excluding carboxylic acids is 1. The average Bonchev–Trinajstić information content (AvgIpc) is 3.62. The number of pyridine rings is 2. The third-order valence-corrected chi connectivity index (χ3v) is 8.07. The highest BCUT2D eigenvalue weighted by Gasteiger charge is 2.23. The number of H-pyrrole nitrogens is 1. The third-order valence-electron chi connectivity index (χ3n) is 8.07. The first-order chi connectivity index (χ1) is 19.0. The molecule has 1 amide bonds. The first-order valence-corrected chi connectivity index (χ1v) is 13.9. The van der Waals surface area contributed by atoms with Crippen molar-refractivity contribution in [1.29, 1.82) is 0 Å². The minimum absolute atomic E-state index is 0.156. The lowest BCUT2D eigenvalue weighted by Crippen LogP contribution is -2.43. The molecule has 3 aromatic heterocycles. The molecule has 3 N–H and O–H groups in total. The van der Waals surface area contributed by atoms with Crippen LogP contribution in [-0.2, 0) is 6.54 Å². The van der Waals surface area contributed by atoms with Gasteiger partial charge in [-0.25, -0.2) is 4.98 Å². The molecule has 9 heteroatoms. The molecule has 0 radical (unpaired) electrons. The van der Waals surface area contributed by atoms with Gasteiger partial charge in [-0.2, -0.15) is 5.10 Å². The van der Waals surface area contributed by atoms with E-state index in [1.807, 2.05) is 38.4 Å². The fourth-order valence-corrected chi connectivity index (χ4v) is 5.94. The van der Waals surface area contributed by atoms with E-state index in [9.17, 15) is 9.59 Å². The molecule has 1 aromatic carbocycles. The van der Waals surface area contributed by atoms with E-state index in [1.54, 1.807) is 0 Å². The molecule has 9 nitrogen and oxygen atoms in total. The van der Waals surface area contributed by atoms with Gasteiger partial charge in [0.15, 0.2) is 0 Å². The number of piperazine rings is 1. The van der Waals surface area contributed by atoms with Crippen LogP contribution in [0.5, 0.6) is 0 Å². The van der Waals surface area contributed by atoms with Crippen molar-refractivity contribution in [2.75, 3.05) is 31.1 Å². The topological polar surface area (TPSA) is 108 Å². The molecule has 39 heavy (non-hydrogen) atoms. The van der Waals surface area contributed by atoms with Crippen LogP contribution in [-0.4, -0.2) is 51.8 Å². The Bertz CT molecular complexity index is 1560. The maximum absolute atomic E-state index is 13.6. The van der Waals surface area contributed by atoms with Crippen LogP contribution in [0.15, 0.2) is 47.5 Å². The monoisotopic (exact) mass is 525 g/mol. The van der Waals surface area contributed by atoms with Crippen LogP contribution >= 0.6 is 0 Å². The van der Waals surface area contributed by atoms with Gasteiger partial charge in [0, 0.05) is 61.1 Å². The van der Waals surface area contributed by atoms with Crippen LogP contribution < -0.4 is 21.1 Å². The van der Waals surface area contributed by atoms with Crippen LogP contribution in [0.4, 0.5) is 5.82 Å². The molecule has 2 fully saturated rings. The van der Waals surface area contributed by atoms with E-state index in [4.69, 9.17) is 10.1 Å². The number of rotatable bonds is 6. The van der Waals surface area contributed by atoms with Gasteiger partial charge in [0.2, 0.25) is 0 Å². The number of benzene rings is 1. The van der Waals surface area contributed by atoms with Crippen LogP contribution in [0.25, 0.3) is 22.0 Å². The number of hydrogen-bond donors (Lipinski definition) is 3. The van der Waals surface area contributed by atoms with Gasteiger partial charge in [-0.1, -0.05) is 12.8 Å². The summed E-state index contributed by atoms with van der Waals surface area (Å²) in [6, 6.07) is 10.5. The van der Waals surface area contributed by atoms with E-state index in [2.05, 4.69) is 43.4 Å². The van der Waals surface area contributed by atoms with Crippen molar-refractivity contribution in [2.45, 2.75) is 52.1 Å². The van der Waals surface area contributed by atoms with Gasteiger partial charge in [0.1, 0.15) is 5.82 Å². The highest BCUT2D eigenvalue weighted by Crippen LogP contribution is 2.35. The van der Waals surface area contributed by atoms with Crippen molar-refractivity contribution in [1.82, 2.24) is 30.4 Å². The van der Waals surface area contributed by atoms with E-state index in [1.165, 1.54) is 12.8 Å². The summed E-state index contributed by atoms with van der Waals surface area (Å²) in [7, 11) is 0. The Kier molecular flexibility index (Phi) is 6.91. The summed E-state index contributed by atoms with van der Waals surface area (Å²) in [6.45, 7) is 7.69. The van der Waals surface area contributed by atoms with Crippen molar-refractivity contribution in [3.05, 3.63) is 75.5 Å². The highest BCUT2D eigenvalue weighted by atomic mass is 16.1. The summed E-state index contributed by atoms with van der Waals surface area (Å²) in [5.74, 6) is 0.742. The Labute approximate surface area is 227 Å². The quantitative estimate of drug-likeness (QED) is 0.353. The van der Waals surface area contributed by atoms with Crippen LogP contribution in [0.2, 0.25) is 0 Å². The van der Waals surface area contributed by atoms with Crippen molar-refractivity contribution in [3.8, 4) is 11.1 Å². The zero-order valence-electron chi connectivity index (χ0n) is 22.6. The average molecular weight is 526 g/mol. The Morgan fingerprint density at radius 3 is 2.56 bits per heavy atom. The number of fused-ring (bicyclic) bond motifs is 1. The molecule has 0 bridgehead atoms. The summed E-state index contributed by atoms with van der Waals surface area (Å²) >= 11 is 0. The first kappa shape index (κ1) is 25.3. The van der Waals surface area contributed by atoms with Crippen molar-refractivity contribution < 1.29 is 4.79 Å². The number of amides is 1. The Hall–Kier alpha value is -3.98. The summed E-state index contributed by atoms with van der Waals surface area (Å²) in [4.78, 5) is 36.0. The number of aryl methyl sites for hydroxylation is 2. The predicted octanol–water partition coefficient (Wildman–Crippen LogP) is 3.86. The van der Waals surface area contributed by atoms with Gasteiger partial charge in [0.25, 0.3) is 11.5 Å². The van der Waals surface area contributed by atoms with Gasteiger partial charge in [-0.05, 0) is 68.1 Å². The summed E-state index contributed by atoms with van der Waals surface area (Å²) in [5, 5.41) is 11.9. The SMILES string of the molecule is Cc1cc(C)c(CNC(=O)c2cc(-c3ccc(N4CCNCC4)nc3)cc3c2cnn3C2CCCC2)c(=O)[nH]1. The lowest BCUT2D eigenvalue weighted by atomic mass is 10.00. The molecule has 0 atom stereocenters. The minimum Gasteiger partial charge on any atom is -0.354 e. The molecule has 1 saturated heterocycles. The molecule has 1 aliphatic heterocycles. The Balaban J connectivity index is 1.36. The van der Waals surface area contributed by atoms with Crippen molar-refractivity contribution >= 4 is 22.6 Å². The van der Waals surface area contributed by atoms with Gasteiger partial charge in [-0.3, -0.25) is 14.3 Å². The standard InChI is InChI=1S/C30H35N7O2/c1-19-13-20(2)35-30(39)25(19)17-33-29(38)24-14-22(15-27-26(24)18-34-37(27)23-5-3-4-6-23)21-7-8-28(32-16-21)36-11-9-31-10-12-36/h7-8,13-16,18,23,31H,3-6,9-12,17H2,1-2H3,(H,33,38)(H,35,39). The lowest BCUT2D eigenvalue weighted by molar-refractivity contribution is 0.0952. The highest BCUT2D eigenvalue weighted by molar-refractivity contribution is 6.08. The summed E-state index contributed by atoms with van der Waals surface area (Å²) in [6.07, 6.45) is 8.29. The van der Waals surface area contributed by atoms with Crippen LogP contribution in [0.1, 0.15) is 58.9 Å². The van der Waals surface area contributed by atoms with Crippen LogP contribution in [0, 0.1) is 13.8 Å². The number of nitrogens with one attached hydrogen (secondary N) is 3. The number of aromatic amines is 1. The summed E-state index contributed by atoms with van der Waals surface area (Å²) < 4.78 is 2.10. The minimum atomic E-state index is -0.224. The third kappa shape index (κ3) is 5.06. The van der Waals surface area contributed by atoms with Crippen molar-refractivity contribution in [2.24, 2.45) is 0 Å². The van der Waals surface area contributed by atoms with Gasteiger partial charge < -0.3 is 20.5 Å². The number of anilines is 1. The molecule has 4 aromatic rings. The predicted molar refractivity (Wildman–Crippen MR) is 153 cm³/mol. The van der Waals surface area contributed by atoms with E-state index >= 15 is 0 Å². The van der Waals surface area contributed by atoms with E-state index < -0.39 is 0 Å². The second-order valence-corrected chi connectivity index (χ2v) is 10.8. The molecule has 0 spiro atoms. The van der Waals surface area contributed by atoms with Gasteiger partial charge >= 0.3 is 0 Å². The normalized spacial score (nSPS) is 16.2. The molecule has 202 valence electrons. The fourth-order valence-electron chi connectivity index (χ4n) is 5.94. The van der Waals surface area contributed by atoms with Gasteiger partial charge in [0.05, 0.1) is 23.3 Å². The Morgan fingerprint density at radius 2 is 1.85 bits per heavy atom. The second-order valence-electron chi connectivity index (χ2n) is 10.8. The zero-order chi connectivity index (χ0) is 26.9. The number of aromatic nitrogens is 4. The fraction of sp³-hybridized carbons (Fsp3) is 0.400. The molecule has 0 unspecified atom stereocenters. The lowest BCUT2D eigenvalue weighted by Gasteiger charge is -2.28. The largest absolute Gasteiger partial charge is 0.354 e. The molecular formula is C30H35N7O2. The maximum atomic E-state index is 13.6. The van der Waals surface area contributed by atoms with Crippen molar-refractivity contribution in [3.63, 3.8) is 0 Å². The maximum Gasteiger partial charge on any atom is 0.253 e. The number of nitrogens with zero attached hydrogens (tertiary/aromatic N) is 4. The molecular weight excluding hydrogens is 490 g/mol. The molecule has 1 aliphatic carbocycles. The molecule has 4 heterocycles. The van der Waals surface area contributed by atoms with E-state index in [0.29, 0.717) is 17.2 Å². The van der Waals surface area contributed by atoms with E-state index in [-0.39, 0.29) is 18.0 Å². The molecule has 2 aliphatic rings. The zero-order valence-corrected chi connectivity index (χ0v) is 22.6. The van der Waals surface area contributed by atoms with E-state index in [0.717, 1.165) is 78.1 Å². The Morgan fingerprint density at radius 1 is 1.05 bits per heavy atom. The first-order valence-electron chi connectivity index (χ1n) is 13.9. The smallest absolute Gasteiger partial charge is 0.253 e. The van der Waals surface area contributed by atoms with Crippen LogP contribution in [0.3, 0.4) is 0 Å². The molecule has 6 rings (SSSR count). The molecule has 1 saturated carbocycles.